The van der Waals surface area contributed by atoms with Gasteiger partial charge in [0.1, 0.15) is 24.2 Å². The van der Waals surface area contributed by atoms with Crippen molar-refractivity contribution in [2.24, 2.45) is 0 Å². The van der Waals surface area contributed by atoms with E-state index in [4.69, 9.17) is 4.74 Å². The molecule has 7 nitrogen and oxygen atoms in total. The number of anilines is 1. The summed E-state index contributed by atoms with van der Waals surface area (Å²) in [6.45, 7) is 1.84. The lowest BCUT2D eigenvalue weighted by Gasteiger charge is -2.09. The Bertz CT molecular complexity index is 802. The van der Waals surface area contributed by atoms with E-state index in [0.717, 1.165) is 11.3 Å². The maximum atomic E-state index is 11.9. The van der Waals surface area contributed by atoms with Crippen LogP contribution in [0.4, 0.5) is 5.82 Å². The molecule has 1 N–H and O–H groups in total. The predicted molar refractivity (Wildman–Crippen MR) is 84.5 cm³/mol. The zero-order valence-corrected chi connectivity index (χ0v) is 12.5. The van der Waals surface area contributed by atoms with Gasteiger partial charge in [-0.3, -0.25) is 9.36 Å². The zero-order chi connectivity index (χ0) is 16.1. The van der Waals surface area contributed by atoms with Gasteiger partial charge in [0.25, 0.3) is 5.91 Å². The van der Waals surface area contributed by atoms with E-state index in [1.54, 1.807) is 35.6 Å². The van der Waals surface area contributed by atoms with E-state index in [-0.39, 0.29) is 12.5 Å². The number of pyridine rings is 1. The third-order valence-corrected chi connectivity index (χ3v) is 3.09. The minimum Gasteiger partial charge on any atom is -0.484 e. The monoisotopic (exact) mass is 309 g/mol. The molecule has 23 heavy (non-hydrogen) atoms. The second-order valence-electron chi connectivity index (χ2n) is 4.92. The molecular weight excluding hydrogens is 294 g/mol. The van der Waals surface area contributed by atoms with Crippen LogP contribution < -0.4 is 10.1 Å². The van der Waals surface area contributed by atoms with Crippen LogP contribution in [0.25, 0.3) is 5.69 Å². The molecule has 0 atom stereocenters. The molecule has 0 unspecified atom stereocenters. The van der Waals surface area contributed by atoms with Gasteiger partial charge in [-0.1, -0.05) is 6.07 Å². The number of benzene rings is 1. The highest BCUT2D eigenvalue weighted by molar-refractivity contribution is 5.91. The number of carbonyl (C=O) groups excluding carboxylic acids is 1. The summed E-state index contributed by atoms with van der Waals surface area (Å²) in [5, 5.41) is 10.2. The van der Waals surface area contributed by atoms with Crippen LogP contribution in [0.3, 0.4) is 0 Å². The number of hydrogen-bond acceptors (Lipinski definition) is 5. The molecule has 0 aliphatic rings. The summed E-state index contributed by atoms with van der Waals surface area (Å²) >= 11 is 0. The molecule has 7 heteroatoms. The summed E-state index contributed by atoms with van der Waals surface area (Å²) in [5.74, 6) is 0.832. The van der Waals surface area contributed by atoms with Gasteiger partial charge in [0.05, 0.1) is 5.69 Å². The van der Waals surface area contributed by atoms with Gasteiger partial charge in [-0.05, 0) is 36.8 Å². The second-order valence-corrected chi connectivity index (χ2v) is 4.92. The number of aryl methyl sites for hydroxylation is 1. The number of aromatic nitrogens is 4. The first-order valence-corrected chi connectivity index (χ1v) is 7.01. The molecule has 1 amide bonds. The van der Waals surface area contributed by atoms with Gasteiger partial charge >= 0.3 is 0 Å². The lowest BCUT2D eigenvalue weighted by Crippen LogP contribution is -2.20. The smallest absolute Gasteiger partial charge is 0.263 e. The van der Waals surface area contributed by atoms with Crippen LogP contribution in [0.15, 0.2) is 55.2 Å². The van der Waals surface area contributed by atoms with E-state index >= 15 is 0 Å². The molecule has 0 fully saturated rings. The van der Waals surface area contributed by atoms with Crippen LogP contribution in [-0.4, -0.2) is 32.3 Å². The summed E-state index contributed by atoms with van der Waals surface area (Å²) in [4.78, 5) is 16.0. The molecule has 0 bridgehead atoms. The van der Waals surface area contributed by atoms with E-state index in [0.29, 0.717) is 11.6 Å². The highest BCUT2D eigenvalue weighted by Crippen LogP contribution is 2.16. The van der Waals surface area contributed by atoms with E-state index in [1.807, 2.05) is 31.2 Å². The van der Waals surface area contributed by atoms with E-state index < -0.39 is 0 Å². The van der Waals surface area contributed by atoms with Crippen molar-refractivity contribution in [3.05, 3.63) is 60.8 Å². The van der Waals surface area contributed by atoms with Crippen LogP contribution >= 0.6 is 0 Å². The van der Waals surface area contributed by atoms with Crippen LogP contribution in [0.5, 0.6) is 5.75 Å². The molecule has 0 aliphatic carbocycles. The summed E-state index contributed by atoms with van der Waals surface area (Å²) < 4.78 is 7.27. The molecule has 3 aromatic rings. The predicted octanol–water partition coefficient (Wildman–Crippen LogP) is 1.99. The lowest BCUT2D eigenvalue weighted by molar-refractivity contribution is -0.118. The van der Waals surface area contributed by atoms with E-state index in [9.17, 15) is 4.79 Å². The Hall–Kier alpha value is -3.22. The third-order valence-electron chi connectivity index (χ3n) is 3.09. The molecule has 2 aromatic heterocycles. The van der Waals surface area contributed by atoms with Crippen molar-refractivity contribution in [1.82, 2.24) is 19.7 Å². The molecular formula is C16H15N5O2. The van der Waals surface area contributed by atoms with Gasteiger partial charge in [-0.25, -0.2) is 4.98 Å². The Balaban J connectivity index is 1.60. The molecule has 2 heterocycles. The largest absolute Gasteiger partial charge is 0.484 e. The van der Waals surface area contributed by atoms with E-state index in [2.05, 4.69) is 20.5 Å². The first-order valence-electron chi connectivity index (χ1n) is 7.01. The number of nitrogens with zero attached hydrogens (tertiary/aromatic N) is 4. The number of rotatable bonds is 5. The SMILES string of the molecule is Cc1ccnc(NC(=O)COc2cccc(-n3cnnc3)c2)c1. The number of carbonyl (C=O) groups is 1. The average Bonchev–Trinajstić information content (AvgIpc) is 3.08. The normalized spacial score (nSPS) is 10.3. The molecule has 0 saturated carbocycles. The van der Waals surface area contributed by atoms with Crippen molar-refractivity contribution in [2.75, 3.05) is 11.9 Å². The van der Waals surface area contributed by atoms with Crippen molar-refractivity contribution in [2.45, 2.75) is 6.92 Å². The fraction of sp³-hybridized carbons (Fsp3) is 0.125. The van der Waals surface area contributed by atoms with Crippen molar-refractivity contribution in [1.29, 1.82) is 0 Å². The number of ether oxygens (including phenoxy) is 1. The van der Waals surface area contributed by atoms with Crippen LogP contribution in [0, 0.1) is 6.92 Å². The summed E-state index contributed by atoms with van der Waals surface area (Å²) in [6, 6.07) is 11.0. The fourth-order valence-corrected chi connectivity index (χ4v) is 2.00. The lowest BCUT2D eigenvalue weighted by atomic mass is 10.3. The van der Waals surface area contributed by atoms with Crippen molar-refractivity contribution in [3.8, 4) is 11.4 Å². The van der Waals surface area contributed by atoms with Gasteiger partial charge in [0, 0.05) is 12.3 Å². The van der Waals surface area contributed by atoms with Gasteiger partial charge in [0.15, 0.2) is 6.61 Å². The van der Waals surface area contributed by atoms with Crippen LogP contribution in [0.1, 0.15) is 5.56 Å². The highest BCUT2D eigenvalue weighted by Gasteiger charge is 2.06. The van der Waals surface area contributed by atoms with Gasteiger partial charge in [-0.15, -0.1) is 10.2 Å². The Morgan fingerprint density at radius 3 is 2.83 bits per heavy atom. The first-order chi connectivity index (χ1) is 11.2. The van der Waals surface area contributed by atoms with Crippen molar-refractivity contribution < 1.29 is 9.53 Å². The summed E-state index contributed by atoms with van der Waals surface area (Å²) in [6.07, 6.45) is 4.83. The second kappa shape index (κ2) is 6.69. The Kier molecular flexibility index (Phi) is 4.28. The topological polar surface area (TPSA) is 81.9 Å². The standard InChI is InChI=1S/C16H15N5O2/c1-12-5-6-17-15(7-12)20-16(22)9-23-14-4-2-3-13(8-14)21-10-18-19-11-21/h2-8,10-11H,9H2,1H3,(H,17,20,22). The summed E-state index contributed by atoms with van der Waals surface area (Å²) in [7, 11) is 0. The molecule has 0 aliphatic heterocycles. The maximum Gasteiger partial charge on any atom is 0.263 e. The Labute approximate surface area is 133 Å². The minimum absolute atomic E-state index is 0.0960. The minimum atomic E-state index is -0.266. The zero-order valence-electron chi connectivity index (χ0n) is 12.5. The highest BCUT2D eigenvalue weighted by atomic mass is 16.5. The number of nitrogens with one attached hydrogen (secondary N) is 1. The van der Waals surface area contributed by atoms with Crippen LogP contribution in [-0.2, 0) is 4.79 Å². The molecule has 3 rings (SSSR count). The fourth-order valence-electron chi connectivity index (χ4n) is 2.00. The third kappa shape index (κ3) is 3.91. The molecule has 0 radical (unpaired) electrons. The average molecular weight is 309 g/mol. The molecule has 1 aromatic carbocycles. The van der Waals surface area contributed by atoms with Gasteiger partial charge in [0.2, 0.25) is 0 Å². The Morgan fingerprint density at radius 1 is 1.22 bits per heavy atom. The van der Waals surface area contributed by atoms with Gasteiger partial charge in [-0.2, -0.15) is 0 Å². The first kappa shape index (κ1) is 14.7. The number of amides is 1. The number of hydrogen-bond donors (Lipinski definition) is 1. The molecule has 0 spiro atoms. The van der Waals surface area contributed by atoms with Crippen LogP contribution in [0.2, 0.25) is 0 Å². The van der Waals surface area contributed by atoms with Gasteiger partial charge < -0.3 is 10.1 Å². The summed E-state index contributed by atoms with van der Waals surface area (Å²) in [5.41, 5.74) is 1.88. The molecule has 0 saturated heterocycles. The van der Waals surface area contributed by atoms with E-state index in [1.165, 1.54) is 0 Å². The molecule has 116 valence electrons. The quantitative estimate of drug-likeness (QED) is 0.779. The maximum absolute atomic E-state index is 11.9. The van der Waals surface area contributed by atoms with Crippen molar-refractivity contribution >= 4 is 11.7 Å². The van der Waals surface area contributed by atoms with Crippen molar-refractivity contribution in [3.63, 3.8) is 0 Å². The Morgan fingerprint density at radius 2 is 2.04 bits per heavy atom.